The Labute approximate surface area is 368 Å². The molecule has 298 valence electrons. The zero-order valence-corrected chi connectivity index (χ0v) is 35.3. The standard InChI is InChI=1S/C61H44N2/c1-61(2)57-21-10-8-19-53(57)54-35-34-52(40-58(54)61)62(51-33-27-42-15-6-7-16-47(42)38-51)49-29-25-44(26-30-49)45-17-12-18-46(37-45)48-28-36-60-56(39-48)55-20-9-11-22-59(55)63(60)50-31-23-43(24-32-50)41-13-4-3-5-14-41/h3-40H,1-2H3. The molecular weight excluding hydrogens is 761 g/mol. The van der Waals surface area contributed by atoms with Crippen LogP contribution in [0.15, 0.2) is 231 Å². The van der Waals surface area contributed by atoms with Crippen molar-refractivity contribution >= 4 is 49.6 Å². The number of hydrogen-bond donors (Lipinski definition) is 0. The number of hydrogen-bond acceptors (Lipinski definition) is 1. The van der Waals surface area contributed by atoms with Crippen molar-refractivity contribution in [1.82, 2.24) is 4.57 Å². The van der Waals surface area contributed by atoms with Gasteiger partial charge in [0.1, 0.15) is 0 Å². The van der Waals surface area contributed by atoms with Gasteiger partial charge in [-0.2, -0.15) is 0 Å². The van der Waals surface area contributed by atoms with Crippen LogP contribution in [0.1, 0.15) is 25.0 Å². The van der Waals surface area contributed by atoms with E-state index in [4.69, 9.17) is 0 Å². The number of fused-ring (bicyclic) bond motifs is 7. The molecule has 11 aromatic rings. The lowest BCUT2D eigenvalue weighted by molar-refractivity contribution is 0.660. The molecule has 12 rings (SSSR count). The summed E-state index contributed by atoms with van der Waals surface area (Å²) in [6, 6.07) is 84.6. The molecule has 1 aliphatic carbocycles. The first-order valence-electron chi connectivity index (χ1n) is 21.9. The van der Waals surface area contributed by atoms with Gasteiger partial charge in [-0.05, 0) is 139 Å². The molecule has 1 aliphatic rings. The molecule has 63 heavy (non-hydrogen) atoms. The molecule has 0 aliphatic heterocycles. The van der Waals surface area contributed by atoms with Crippen LogP contribution in [0.4, 0.5) is 17.1 Å². The highest BCUT2D eigenvalue weighted by Crippen LogP contribution is 2.51. The van der Waals surface area contributed by atoms with Crippen molar-refractivity contribution < 1.29 is 0 Å². The normalized spacial score (nSPS) is 12.7. The Morgan fingerprint density at radius 2 is 0.889 bits per heavy atom. The molecule has 1 heterocycles. The zero-order valence-electron chi connectivity index (χ0n) is 35.3. The Kier molecular flexibility index (Phi) is 8.55. The van der Waals surface area contributed by atoms with Gasteiger partial charge < -0.3 is 9.47 Å². The summed E-state index contributed by atoms with van der Waals surface area (Å²) in [6.07, 6.45) is 0. The lowest BCUT2D eigenvalue weighted by Gasteiger charge is -2.28. The number of nitrogens with zero attached hydrogens (tertiary/aromatic N) is 2. The van der Waals surface area contributed by atoms with Gasteiger partial charge in [-0.25, -0.2) is 0 Å². The van der Waals surface area contributed by atoms with Gasteiger partial charge in [0.2, 0.25) is 0 Å². The summed E-state index contributed by atoms with van der Waals surface area (Å²) < 4.78 is 2.39. The highest BCUT2D eigenvalue weighted by molar-refractivity contribution is 6.10. The molecule has 0 atom stereocenters. The Hall–Kier alpha value is -7.94. The van der Waals surface area contributed by atoms with Crippen LogP contribution in [0.2, 0.25) is 0 Å². The molecule has 0 amide bonds. The number of anilines is 3. The van der Waals surface area contributed by atoms with Gasteiger partial charge in [0.25, 0.3) is 0 Å². The summed E-state index contributed by atoms with van der Waals surface area (Å²) in [6.45, 7) is 4.71. The molecule has 10 aromatic carbocycles. The van der Waals surface area contributed by atoms with E-state index >= 15 is 0 Å². The first-order valence-corrected chi connectivity index (χ1v) is 21.9. The summed E-state index contributed by atoms with van der Waals surface area (Å²) >= 11 is 0. The van der Waals surface area contributed by atoms with Crippen molar-refractivity contribution in [2.75, 3.05) is 4.90 Å². The molecule has 1 aromatic heterocycles. The third kappa shape index (κ3) is 6.17. The number of benzene rings is 10. The number of aromatic nitrogens is 1. The minimum Gasteiger partial charge on any atom is -0.310 e. The minimum absolute atomic E-state index is 0.0947. The molecule has 0 saturated carbocycles. The van der Waals surface area contributed by atoms with Crippen molar-refractivity contribution in [3.8, 4) is 50.2 Å². The summed E-state index contributed by atoms with van der Waals surface area (Å²) in [5.41, 5.74) is 19.5. The van der Waals surface area contributed by atoms with Crippen molar-refractivity contribution in [2.24, 2.45) is 0 Å². The number of rotatable bonds is 7. The van der Waals surface area contributed by atoms with Crippen LogP contribution >= 0.6 is 0 Å². The summed E-state index contributed by atoms with van der Waals surface area (Å²) in [7, 11) is 0. The fourth-order valence-electron chi connectivity index (χ4n) is 10.1. The van der Waals surface area contributed by atoms with E-state index in [1.165, 1.54) is 88.2 Å². The second-order valence-electron chi connectivity index (χ2n) is 17.4. The van der Waals surface area contributed by atoms with E-state index in [0.29, 0.717) is 0 Å². The second-order valence-corrected chi connectivity index (χ2v) is 17.4. The van der Waals surface area contributed by atoms with Crippen LogP contribution in [0.25, 0.3) is 82.8 Å². The minimum atomic E-state index is -0.0947. The van der Waals surface area contributed by atoms with Gasteiger partial charge in [0, 0.05) is 38.9 Å². The van der Waals surface area contributed by atoms with E-state index in [2.05, 4.69) is 254 Å². The van der Waals surface area contributed by atoms with Crippen LogP contribution in [0.3, 0.4) is 0 Å². The quantitative estimate of drug-likeness (QED) is 0.156. The second kappa shape index (κ2) is 14.6. The van der Waals surface area contributed by atoms with Gasteiger partial charge in [-0.1, -0.05) is 172 Å². The Balaban J connectivity index is 0.900. The first kappa shape index (κ1) is 36.9. The van der Waals surface area contributed by atoms with Crippen LogP contribution in [-0.2, 0) is 5.41 Å². The Bertz CT molecular complexity index is 3520. The maximum absolute atomic E-state index is 2.41. The highest BCUT2D eigenvalue weighted by Gasteiger charge is 2.35. The van der Waals surface area contributed by atoms with Gasteiger partial charge in [0.05, 0.1) is 11.0 Å². The van der Waals surface area contributed by atoms with Gasteiger partial charge >= 0.3 is 0 Å². The van der Waals surface area contributed by atoms with Crippen molar-refractivity contribution in [2.45, 2.75) is 19.3 Å². The van der Waals surface area contributed by atoms with E-state index < -0.39 is 0 Å². The monoisotopic (exact) mass is 804 g/mol. The van der Waals surface area contributed by atoms with Crippen molar-refractivity contribution in [3.05, 3.63) is 242 Å². The smallest absolute Gasteiger partial charge is 0.0541 e. The average Bonchev–Trinajstić information content (AvgIpc) is 3.79. The SMILES string of the molecule is CC1(C)c2ccccc2-c2ccc(N(c3ccc(-c4cccc(-c5ccc6c(c5)c5ccccc5n6-c5ccc(-c6ccccc6)cc5)c4)cc3)c3ccc4ccccc4c3)cc21. The molecule has 2 nitrogen and oxygen atoms in total. The maximum Gasteiger partial charge on any atom is 0.0541 e. The van der Waals surface area contributed by atoms with Crippen LogP contribution in [0.5, 0.6) is 0 Å². The molecule has 0 saturated heterocycles. The lowest BCUT2D eigenvalue weighted by atomic mass is 9.82. The molecule has 0 bridgehead atoms. The van der Waals surface area contributed by atoms with E-state index in [0.717, 1.165) is 22.7 Å². The molecule has 0 radical (unpaired) electrons. The largest absolute Gasteiger partial charge is 0.310 e. The van der Waals surface area contributed by atoms with Crippen LogP contribution < -0.4 is 4.90 Å². The van der Waals surface area contributed by atoms with E-state index in [1.54, 1.807) is 0 Å². The Morgan fingerprint density at radius 1 is 0.333 bits per heavy atom. The fraction of sp³-hybridized carbons (Fsp3) is 0.0492. The first-order chi connectivity index (χ1) is 31.0. The summed E-state index contributed by atoms with van der Waals surface area (Å²) in [4.78, 5) is 2.41. The molecule has 2 heteroatoms. The molecule has 0 fully saturated rings. The highest BCUT2D eigenvalue weighted by atomic mass is 15.1. The van der Waals surface area contributed by atoms with Crippen molar-refractivity contribution in [3.63, 3.8) is 0 Å². The van der Waals surface area contributed by atoms with Gasteiger partial charge in [-0.15, -0.1) is 0 Å². The topological polar surface area (TPSA) is 8.17 Å². The number of para-hydroxylation sites is 1. The predicted octanol–water partition coefficient (Wildman–Crippen LogP) is 16.7. The zero-order chi connectivity index (χ0) is 42.1. The predicted molar refractivity (Wildman–Crippen MR) is 267 cm³/mol. The fourth-order valence-corrected chi connectivity index (χ4v) is 10.1. The van der Waals surface area contributed by atoms with Gasteiger partial charge in [-0.3, -0.25) is 0 Å². The van der Waals surface area contributed by atoms with Crippen LogP contribution in [-0.4, -0.2) is 4.57 Å². The van der Waals surface area contributed by atoms with Crippen molar-refractivity contribution in [1.29, 1.82) is 0 Å². The molecule has 0 spiro atoms. The molecular formula is C61H44N2. The maximum atomic E-state index is 2.41. The van der Waals surface area contributed by atoms with Gasteiger partial charge in [0.15, 0.2) is 0 Å². The van der Waals surface area contributed by atoms with E-state index in [1.807, 2.05) is 0 Å². The summed E-state index contributed by atoms with van der Waals surface area (Å²) in [5, 5.41) is 4.96. The third-order valence-electron chi connectivity index (χ3n) is 13.4. The van der Waals surface area contributed by atoms with E-state index in [9.17, 15) is 0 Å². The third-order valence-corrected chi connectivity index (χ3v) is 13.4. The average molecular weight is 805 g/mol. The van der Waals surface area contributed by atoms with E-state index in [-0.39, 0.29) is 5.41 Å². The summed E-state index contributed by atoms with van der Waals surface area (Å²) in [5.74, 6) is 0. The Morgan fingerprint density at radius 3 is 1.73 bits per heavy atom. The molecule has 0 unspecified atom stereocenters. The lowest BCUT2D eigenvalue weighted by Crippen LogP contribution is -2.16. The molecule has 0 N–H and O–H groups in total. The van der Waals surface area contributed by atoms with Crippen LogP contribution in [0, 0.1) is 0 Å².